The summed E-state index contributed by atoms with van der Waals surface area (Å²) in [6.45, 7) is 4.02. The van der Waals surface area contributed by atoms with Gasteiger partial charge in [0.2, 0.25) is 0 Å². The minimum absolute atomic E-state index is 0.0636. The maximum atomic E-state index is 11.8. The molecule has 0 bridgehead atoms. The van der Waals surface area contributed by atoms with Gasteiger partial charge in [-0.15, -0.1) is 11.3 Å². The van der Waals surface area contributed by atoms with Crippen molar-refractivity contribution in [1.29, 1.82) is 0 Å². The van der Waals surface area contributed by atoms with Gasteiger partial charge < -0.3 is 10.4 Å². The molecular formula is C11H16N2O3S2. The molecule has 1 amide bonds. The zero-order chi connectivity index (χ0) is 13.5. The number of carboxylic acids is 1. The van der Waals surface area contributed by atoms with Crippen molar-refractivity contribution in [1.82, 2.24) is 10.3 Å². The number of amides is 1. The number of nitrogens with zero attached hydrogens (tertiary/aromatic N) is 1. The van der Waals surface area contributed by atoms with E-state index in [1.807, 2.05) is 18.7 Å². The Kier molecular flexibility index (Phi) is 6.14. The Bertz CT molecular complexity index is 420. The molecule has 7 heteroatoms. The molecule has 1 heterocycles. The summed E-state index contributed by atoms with van der Waals surface area (Å²) in [7, 11) is 0. The van der Waals surface area contributed by atoms with Crippen molar-refractivity contribution in [2.24, 2.45) is 0 Å². The molecular weight excluding hydrogens is 272 g/mol. The highest BCUT2D eigenvalue weighted by Crippen LogP contribution is 2.10. The predicted molar refractivity (Wildman–Crippen MR) is 73.6 cm³/mol. The summed E-state index contributed by atoms with van der Waals surface area (Å²) >= 11 is 2.87. The van der Waals surface area contributed by atoms with Crippen molar-refractivity contribution in [2.45, 2.75) is 26.3 Å². The Hall–Kier alpha value is -1.08. The number of aromatic carboxylic acids is 1. The zero-order valence-electron chi connectivity index (χ0n) is 10.3. The first-order chi connectivity index (χ1) is 8.54. The van der Waals surface area contributed by atoms with Gasteiger partial charge in [-0.05, 0) is 24.9 Å². The third kappa shape index (κ3) is 4.66. The van der Waals surface area contributed by atoms with E-state index in [-0.39, 0.29) is 22.7 Å². The molecule has 0 spiro atoms. The van der Waals surface area contributed by atoms with Gasteiger partial charge >= 0.3 is 5.97 Å². The lowest BCUT2D eigenvalue weighted by molar-refractivity contribution is 0.0691. The van der Waals surface area contributed by atoms with Crippen LogP contribution in [0.5, 0.6) is 0 Å². The lowest BCUT2D eigenvalue weighted by atomic mass is 10.2. The molecule has 0 aliphatic carbocycles. The standard InChI is InChI=1S/C11H16N2O3S2/c1-3-17-5-4-7(2)12-9(14)10-13-8(6-18-10)11(15)16/h6-7H,3-5H2,1-2H3,(H,12,14)(H,15,16). The Morgan fingerprint density at radius 3 is 2.89 bits per heavy atom. The van der Waals surface area contributed by atoms with E-state index in [4.69, 9.17) is 5.11 Å². The smallest absolute Gasteiger partial charge is 0.355 e. The summed E-state index contributed by atoms with van der Waals surface area (Å²) in [5.74, 6) is 0.643. The number of nitrogens with one attached hydrogen (secondary N) is 1. The minimum atomic E-state index is -1.11. The Labute approximate surface area is 114 Å². The number of thiazole rings is 1. The molecule has 1 rings (SSSR count). The number of hydrogen-bond donors (Lipinski definition) is 2. The van der Waals surface area contributed by atoms with Crippen LogP contribution in [0, 0.1) is 0 Å². The molecule has 0 fully saturated rings. The maximum absolute atomic E-state index is 11.8. The highest BCUT2D eigenvalue weighted by molar-refractivity contribution is 7.99. The molecule has 18 heavy (non-hydrogen) atoms. The molecule has 0 aliphatic rings. The summed E-state index contributed by atoms with van der Waals surface area (Å²) < 4.78 is 0. The van der Waals surface area contributed by atoms with E-state index in [1.165, 1.54) is 5.38 Å². The average Bonchev–Trinajstić information content (AvgIpc) is 2.78. The Morgan fingerprint density at radius 2 is 2.33 bits per heavy atom. The summed E-state index contributed by atoms with van der Waals surface area (Å²) in [6.07, 6.45) is 0.890. The van der Waals surface area contributed by atoms with Crippen LogP contribution >= 0.6 is 23.1 Å². The van der Waals surface area contributed by atoms with Crippen LogP contribution < -0.4 is 5.32 Å². The number of hydrogen-bond acceptors (Lipinski definition) is 5. The van der Waals surface area contributed by atoms with E-state index in [0.717, 1.165) is 29.3 Å². The first-order valence-electron chi connectivity index (χ1n) is 5.62. The van der Waals surface area contributed by atoms with Crippen molar-refractivity contribution in [3.8, 4) is 0 Å². The average molecular weight is 288 g/mol. The molecule has 0 aromatic carbocycles. The summed E-state index contributed by atoms with van der Waals surface area (Å²) in [4.78, 5) is 26.2. The van der Waals surface area contributed by atoms with Crippen molar-refractivity contribution in [2.75, 3.05) is 11.5 Å². The second-order valence-electron chi connectivity index (χ2n) is 3.70. The van der Waals surface area contributed by atoms with Crippen molar-refractivity contribution >= 4 is 35.0 Å². The predicted octanol–water partition coefficient (Wildman–Crippen LogP) is 2.10. The Morgan fingerprint density at radius 1 is 1.61 bits per heavy atom. The van der Waals surface area contributed by atoms with Crippen molar-refractivity contribution < 1.29 is 14.7 Å². The second-order valence-corrected chi connectivity index (χ2v) is 5.96. The van der Waals surface area contributed by atoms with E-state index in [1.54, 1.807) is 0 Å². The van der Waals surface area contributed by atoms with E-state index in [2.05, 4.69) is 17.2 Å². The van der Waals surface area contributed by atoms with Gasteiger partial charge in [-0.1, -0.05) is 6.92 Å². The highest BCUT2D eigenvalue weighted by atomic mass is 32.2. The molecule has 0 aliphatic heterocycles. The molecule has 2 N–H and O–H groups in total. The van der Waals surface area contributed by atoms with E-state index < -0.39 is 5.97 Å². The SMILES string of the molecule is CCSCCC(C)NC(=O)c1nc(C(=O)O)cs1. The van der Waals surface area contributed by atoms with Crippen molar-refractivity contribution in [3.05, 3.63) is 16.1 Å². The third-order valence-electron chi connectivity index (χ3n) is 2.19. The van der Waals surface area contributed by atoms with Gasteiger partial charge in [0, 0.05) is 11.4 Å². The molecule has 5 nitrogen and oxygen atoms in total. The van der Waals surface area contributed by atoms with E-state index in [9.17, 15) is 9.59 Å². The van der Waals surface area contributed by atoms with Crippen LogP contribution in [-0.2, 0) is 0 Å². The fourth-order valence-corrected chi connectivity index (χ4v) is 2.74. The van der Waals surface area contributed by atoms with Crippen LogP contribution in [0.2, 0.25) is 0 Å². The van der Waals surface area contributed by atoms with Gasteiger partial charge in [-0.3, -0.25) is 4.79 Å². The monoisotopic (exact) mass is 288 g/mol. The summed E-state index contributed by atoms with van der Waals surface area (Å²) in [5, 5.41) is 13.1. The van der Waals surface area contributed by atoms with Crippen LogP contribution in [0.1, 0.15) is 40.6 Å². The topological polar surface area (TPSA) is 79.3 Å². The molecule has 0 saturated heterocycles. The van der Waals surface area contributed by atoms with Crippen LogP contribution in [0.15, 0.2) is 5.38 Å². The van der Waals surface area contributed by atoms with Crippen LogP contribution in [0.25, 0.3) is 0 Å². The number of carboxylic acid groups (broad SMARTS) is 1. The number of carbonyl (C=O) groups is 2. The van der Waals surface area contributed by atoms with Crippen molar-refractivity contribution in [3.63, 3.8) is 0 Å². The van der Waals surface area contributed by atoms with Gasteiger partial charge in [0.15, 0.2) is 10.7 Å². The Balaban J connectivity index is 2.46. The molecule has 1 aromatic heterocycles. The third-order valence-corrected chi connectivity index (χ3v) is 3.97. The first-order valence-corrected chi connectivity index (χ1v) is 7.65. The zero-order valence-corrected chi connectivity index (χ0v) is 11.9. The first kappa shape index (κ1) is 15.0. The number of rotatable bonds is 7. The summed E-state index contributed by atoms with van der Waals surface area (Å²) in [6, 6.07) is 0.0636. The van der Waals surface area contributed by atoms with Crippen LogP contribution in [0.4, 0.5) is 0 Å². The van der Waals surface area contributed by atoms with Gasteiger partial charge in [-0.2, -0.15) is 11.8 Å². The maximum Gasteiger partial charge on any atom is 0.355 e. The molecule has 1 unspecified atom stereocenters. The van der Waals surface area contributed by atoms with Crippen LogP contribution in [-0.4, -0.2) is 39.5 Å². The fraction of sp³-hybridized carbons (Fsp3) is 0.545. The number of carbonyl (C=O) groups excluding carboxylic acids is 1. The number of thioether (sulfide) groups is 1. The van der Waals surface area contributed by atoms with Gasteiger partial charge in [0.1, 0.15) is 0 Å². The number of aromatic nitrogens is 1. The largest absolute Gasteiger partial charge is 0.476 e. The van der Waals surface area contributed by atoms with Crippen LogP contribution in [0.3, 0.4) is 0 Å². The molecule has 1 aromatic rings. The lowest BCUT2D eigenvalue weighted by Gasteiger charge is -2.11. The lowest BCUT2D eigenvalue weighted by Crippen LogP contribution is -2.32. The fourth-order valence-electron chi connectivity index (χ4n) is 1.24. The second kappa shape index (κ2) is 7.38. The molecule has 0 saturated carbocycles. The normalized spacial score (nSPS) is 12.1. The van der Waals surface area contributed by atoms with E-state index in [0.29, 0.717) is 0 Å². The quantitative estimate of drug-likeness (QED) is 0.751. The molecule has 100 valence electrons. The molecule has 1 atom stereocenters. The van der Waals surface area contributed by atoms with E-state index >= 15 is 0 Å². The minimum Gasteiger partial charge on any atom is -0.476 e. The summed E-state index contributed by atoms with van der Waals surface area (Å²) in [5.41, 5.74) is -0.0839. The van der Waals surface area contributed by atoms with Gasteiger partial charge in [0.25, 0.3) is 5.91 Å². The highest BCUT2D eigenvalue weighted by Gasteiger charge is 2.16. The molecule has 0 radical (unpaired) electrons. The van der Waals surface area contributed by atoms with Gasteiger partial charge in [-0.25, -0.2) is 9.78 Å². The van der Waals surface area contributed by atoms with Gasteiger partial charge in [0.05, 0.1) is 0 Å².